The first-order chi connectivity index (χ1) is 11.7. The SMILES string of the molecule is CCOc1ccccc1OCc1nn2c(CSC(C)C)nnc2s1. The summed E-state index contributed by atoms with van der Waals surface area (Å²) in [5.74, 6) is 3.15. The van der Waals surface area contributed by atoms with Gasteiger partial charge in [0, 0.05) is 0 Å². The number of hydrogen-bond acceptors (Lipinski definition) is 7. The third-order valence-corrected chi connectivity index (χ3v) is 5.11. The van der Waals surface area contributed by atoms with Crippen LogP contribution in [0.15, 0.2) is 24.3 Å². The van der Waals surface area contributed by atoms with Gasteiger partial charge in [0.25, 0.3) is 0 Å². The molecule has 2 heterocycles. The molecule has 0 amide bonds. The van der Waals surface area contributed by atoms with E-state index < -0.39 is 0 Å². The zero-order valence-electron chi connectivity index (χ0n) is 13.9. The first kappa shape index (κ1) is 17.0. The van der Waals surface area contributed by atoms with Gasteiger partial charge in [0.05, 0.1) is 12.4 Å². The molecule has 0 bridgehead atoms. The summed E-state index contributed by atoms with van der Waals surface area (Å²) in [4.78, 5) is 0.797. The van der Waals surface area contributed by atoms with Crippen molar-refractivity contribution >= 4 is 28.1 Å². The molecule has 3 rings (SSSR count). The van der Waals surface area contributed by atoms with Crippen molar-refractivity contribution in [1.29, 1.82) is 0 Å². The van der Waals surface area contributed by atoms with Crippen LogP contribution < -0.4 is 9.47 Å². The predicted molar refractivity (Wildman–Crippen MR) is 97.0 cm³/mol. The van der Waals surface area contributed by atoms with Crippen molar-refractivity contribution in [2.45, 2.75) is 38.4 Å². The van der Waals surface area contributed by atoms with E-state index in [9.17, 15) is 0 Å². The Balaban J connectivity index is 1.70. The lowest BCUT2D eigenvalue weighted by molar-refractivity contribution is 0.268. The average molecular weight is 364 g/mol. The molecular formula is C16H20N4O2S2. The van der Waals surface area contributed by atoms with Gasteiger partial charge in [-0.15, -0.1) is 10.2 Å². The summed E-state index contributed by atoms with van der Waals surface area (Å²) in [5, 5.41) is 14.4. The van der Waals surface area contributed by atoms with Gasteiger partial charge in [0.2, 0.25) is 4.96 Å². The molecule has 0 saturated carbocycles. The lowest BCUT2D eigenvalue weighted by atomic mass is 10.3. The number of fused-ring (bicyclic) bond motifs is 1. The van der Waals surface area contributed by atoms with Crippen molar-refractivity contribution in [2.75, 3.05) is 6.61 Å². The van der Waals surface area contributed by atoms with Crippen molar-refractivity contribution < 1.29 is 9.47 Å². The standard InChI is InChI=1S/C16H20N4O2S2/c1-4-21-12-7-5-6-8-13(12)22-9-15-19-20-14(10-23-11(2)3)17-18-16(20)24-15/h5-8,11H,4,9-10H2,1-3H3. The Morgan fingerprint density at radius 3 is 2.62 bits per heavy atom. The van der Waals surface area contributed by atoms with Crippen molar-refractivity contribution in [2.24, 2.45) is 0 Å². The number of thioether (sulfide) groups is 1. The molecule has 0 aliphatic rings. The summed E-state index contributed by atoms with van der Waals surface area (Å²) >= 11 is 3.32. The quantitative estimate of drug-likeness (QED) is 0.606. The van der Waals surface area contributed by atoms with E-state index in [2.05, 4.69) is 29.1 Å². The summed E-state index contributed by atoms with van der Waals surface area (Å²) < 4.78 is 13.3. The lowest BCUT2D eigenvalue weighted by Gasteiger charge is -2.10. The maximum atomic E-state index is 5.87. The summed E-state index contributed by atoms with van der Waals surface area (Å²) in [6, 6.07) is 7.66. The molecule has 0 radical (unpaired) electrons. The number of aromatic nitrogens is 4. The first-order valence-corrected chi connectivity index (χ1v) is 9.70. The molecule has 24 heavy (non-hydrogen) atoms. The molecule has 0 saturated heterocycles. The maximum Gasteiger partial charge on any atom is 0.234 e. The average Bonchev–Trinajstić information content (AvgIpc) is 3.13. The van der Waals surface area contributed by atoms with Crippen molar-refractivity contribution in [3.05, 3.63) is 35.1 Å². The number of para-hydroxylation sites is 2. The molecule has 3 aromatic rings. The number of nitrogens with zero attached hydrogens (tertiary/aromatic N) is 4. The third-order valence-electron chi connectivity index (χ3n) is 3.14. The fourth-order valence-corrected chi connectivity index (χ4v) is 3.50. The Morgan fingerprint density at radius 2 is 1.92 bits per heavy atom. The largest absolute Gasteiger partial charge is 0.490 e. The van der Waals surface area contributed by atoms with Gasteiger partial charge in [-0.25, -0.2) is 0 Å². The molecule has 0 aliphatic heterocycles. The third kappa shape index (κ3) is 3.99. The van der Waals surface area contributed by atoms with Crippen LogP contribution in [0.5, 0.6) is 11.5 Å². The Bertz CT molecular complexity index is 800. The molecule has 8 heteroatoms. The minimum atomic E-state index is 0.384. The van der Waals surface area contributed by atoms with E-state index in [0.717, 1.165) is 33.0 Å². The van der Waals surface area contributed by atoms with Crippen molar-refractivity contribution in [3.8, 4) is 11.5 Å². The molecule has 1 aromatic carbocycles. The van der Waals surface area contributed by atoms with Crippen LogP contribution in [0.4, 0.5) is 0 Å². The van der Waals surface area contributed by atoms with Crippen LogP contribution in [-0.2, 0) is 12.4 Å². The minimum Gasteiger partial charge on any atom is -0.490 e. The van der Waals surface area contributed by atoms with Gasteiger partial charge < -0.3 is 9.47 Å². The molecule has 0 unspecified atom stereocenters. The van der Waals surface area contributed by atoms with E-state index in [0.29, 0.717) is 18.5 Å². The van der Waals surface area contributed by atoms with Crippen molar-refractivity contribution in [1.82, 2.24) is 19.8 Å². The van der Waals surface area contributed by atoms with E-state index in [4.69, 9.17) is 9.47 Å². The van der Waals surface area contributed by atoms with E-state index >= 15 is 0 Å². The number of ether oxygens (including phenoxy) is 2. The fourth-order valence-electron chi connectivity index (χ4n) is 2.07. The molecule has 0 N–H and O–H groups in total. The second kappa shape index (κ2) is 7.85. The lowest BCUT2D eigenvalue weighted by Crippen LogP contribution is -2.01. The highest BCUT2D eigenvalue weighted by Gasteiger charge is 2.13. The van der Waals surface area contributed by atoms with Crippen LogP contribution in [0.3, 0.4) is 0 Å². The van der Waals surface area contributed by atoms with Gasteiger partial charge in [-0.05, 0) is 24.3 Å². The minimum absolute atomic E-state index is 0.384. The Hall–Kier alpha value is -1.80. The molecule has 128 valence electrons. The van der Waals surface area contributed by atoms with Crippen molar-refractivity contribution in [3.63, 3.8) is 0 Å². The summed E-state index contributed by atoms with van der Waals surface area (Å²) in [6.07, 6.45) is 0. The molecule has 0 spiro atoms. The van der Waals surface area contributed by atoms with Gasteiger partial charge in [-0.2, -0.15) is 21.4 Å². The van der Waals surface area contributed by atoms with E-state index in [-0.39, 0.29) is 0 Å². The van der Waals surface area contributed by atoms with Crippen LogP contribution in [-0.4, -0.2) is 31.7 Å². The Morgan fingerprint density at radius 1 is 1.17 bits per heavy atom. The summed E-state index contributed by atoms with van der Waals surface area (Å²) in [6.45, 7) is 7.28. The number of benzene rings is 1. The van der Waals surface area contributed by atoms with Gasteiger partial charge in [-0.1, -0.05) is 37.3 Å². The van der Waals surface area contributed by atoms with Gasteiger partial charge in [0.15, 0.2) is 22.3 Å². The zero-order valence-corrected chi connectivity index (χ0v) is 15.6. The highest BCUT2D eigenvalue weighted by atomic mass is 32.2. The topological polar surface area (TPSA) is 61.5 Å². The van der Waals surface area contributed by atoms with Crippen LogP contribution in [0.2, 0.25) is 0 Å². The highest BCUT2D eigenvalue weighted by molar-refractivity contribution is 7.99. The first-order valence-electron chi connectivity index (χ1n) is 7.83. The smallest absolute Gasteiger partial charge is 0.234 e. The normalized spacial score (nSPS) is 11.3. The fraction of sp³-hybridized carbons (Fsp3) is 0.438. The monoisotopic (exact) mass is 364 g/mol. The number of rotatable bonds is 8. The Labute approximate surface area is 149 Å². The van der Waals surface area contributed by atoms with Gasteiger partial charge in [0.1, 0.15) is 6.61 Å². The zero-order chi connectivity index (χ0) is 16.9. The molecule has 2 aromatic heterocycles. The van der Waals surface area contributed by atoms with Crippen LogP contribution in [0, 0.1) is 0 Å². The maximum absolute atomic E-state index is 5.87. The summed E-state index contributed by atoms with van der Waals surface area (Å²) in [5.41, 5.74) is 0. The second-order valence-corrected chi connectivity index (χ2v) is 7.94. The molecule has 0 fully saturated rings. The van der Waals surface area contributed by atoms with Gasteiger partial charge >= 0.3 is 0 Å². The second-order valence-electron chi connectivity index (χ2n) is 5.33. The van der Waals surface area contributed by atoms with E-state index in [1.165, 1.54) is 11.3 Å². The number of hydrogen-bond donors (Lipinski definition) is 0. The Kier molecular flexibility index (Phi) is 5.57. The van der Waals surface area contributed by atoms with Crippen LogP contribution in [0.1, 0.15) is 31.6 Å². The van der Waals surface area contributed by atoms with Gasteiger partial charge in [-0.3, -0.25) is 0 Å². The molecular weight excluding hydrogens is 344 g/mol. The summed E-state index contributed by atoms with van der Waals surface area (Å²) in [7, 11) is 0. The van der Waals surface area contributed by atoms with E-state index in [1.807, 2.05) is 47.5 Å². The highest BCUT2D eigenvalue weighted by Crippen LogP contribution is 2.28. The van der Waals surface area contributed by atoms with E-state index in [1.54, 1.807) is 0 Å². The van der Waals surface area contributed by atoms with Crippen LogP contribution in [0.25, 0.3) is 4.96 Å². The molecule has 0 atom stereocenters. The molecule has 6 nitrogen and oxygen atoms in total. The predicted octanol–water partition coefficient (Wildman–Crippen LogP) is 3.81. The molecule has 0 aliphatic carbocycles. The van der Waals surface area contributed by atoms with Crippen LogP contribution >= 0.6 is 23.1 Å².